The van der Waals surface area contributed by atoms with Crippen LogP contribution in [0, 0.1) is 0 Å². The second kappa shape index (κ2) is 11.6. The molecule has 206 valence electrons. The summed E-state index contributed by atoms with van der Waals surface area (Å²) in [5.41, 5.74) is 3.24. The normalized spacial score (nSPS) is 24.1. The highest BCUT2D eigenvalue weighted by molar-refractivity contribution is 8.05. The Kier molecular flexibility index (Phi) is 7.95. The van der Waals surface area contributed by atoms with E-state index in [1.165, 1.54) is 25.1 Å². The number of pyridine rings is 1. The van der Waals surface area contributed by atoms with E-state index in [4.69, 9.17) is 9.47 Å². The first-order valence-corrected chi connectivity index (χ1v) is 15.4. The Morgan fingerprint density at radius 3 is 2.69 bits per heavy atom. The smallest absolute Gasteiger partial charge is 0.249 e. The Balaban J connectivity index is 1.15. The van der Waals surface area contributed by atoms with Gasteiger partial charge in [-0.1, -0.05) is 35.7 Å². The van der Waals surface area contributed by atoms with E-state index in [0.29, 0.717) is 12.6 Å². The molecule has 4 atom stereocenters. The number of hydrogen-bond donors (Lipinski definition) is 2. The van der Waals surface area contributed by atoms with Crippen LogP contribution in [0.3, 0.4) is 0 Å². The van der Waals surface area contributed by atoms with Crippen LogP contribution in [-0.4, -0.2) is 67.5 Å². The number of hydrogen-bond acceptors (Lipinski definition) is 8. The summed E-state index contributed by atoms with van der Waals surface area (Å²) < 4.78 is 12.2. The fraction of sp³-hybridized carbons (Fsp3) is 0.433. The minimum atomic E-state index is -0.0789. The van der Waals surface area contributed by atoms with Crippen LogP contribution in [0.2, 0.25) is 0 Å². The predicted molar refractivity (Wildman–Crippen MR) is 159 cm³/mol. The summed E-state index contributed by atoms with van der Waals surface area (Å²) in [6.07, 6.45) is 2.24. The summed E-state index contributed by atoms with van der Waals surface area (Å²) in [6, 6.07) is 17.2. The van der Waals surface area contributed by atoms with E-state index in [0.717, 1.165) is 44.1 Å². The molecule has 3 aliphatic rings. The quantitative estimate of drug-likeness (QED) is 0.319. The van der Waals surface area contributed by atoms with Crippen molar-refractivity contribution in [1.29, 1.82) is 0 Å². The van der Waals surface area contributed by atoms with Gasteiger partial charge in [0.15, 0.2) is 0 Å². The fourth-order valence-electron chi connectivity index (χ4n) is 5.82. The summed E-state index contributed by atoms with van der Waals surface area (Å²) in [5, 5.41) is 3.73. The maximum absolute atomic E-state index is 11.9. The number of H-pyrrole nitrogens is 1. The third-order valence-corrected chi connectivity index (χ3v) is 9.97. The lowest BCUT2D eigenvalue weighted by atomic mass is 10.1. The van der Waals surface area contributed by atoms with Gasteiger partial charge >= 0.3 is 0 Å². The highest BCUT2D eigenvalue weighted by atomic mass is 32.2. The molecule has 3 aliphatic heterocycles. The third kappa shape index (κ3) is 6.18. The van der Waals surface area contributed by atoms with Crippen molar-refractivity contribution in [1.82, 2.24) is 9.88 Å². The van der Waals surface area contributed by atoms with E-state index in [-0.39, 0.29) is 23.9 Å². The van der Waals surface area contributed by atoms with Crippen LogP contribution in [0.4, 0.5) is 11.4 Å². The summed E-state index contributed by atoms with van der Waals surface area (Å²) in [7, 11) is 0. The van der Waals surface area contributed by atoms with E-state index in [2.05, 4.69) is 77.3 Å². The van der Waals surface area contributed by atoms with Crippen molar-refractivity contribution in [3.63, 3.8) is 0 Å². The van der Waals surface area contributed by atoms with Gasteiger partial charge < -0.3 is 24.7 Å². The van der Waals surface area contributed by atoms with Gasteiger partial charge in [-0.2, -0.15) is 0 Å². The number of nitrogens with zero attached hydrogens (tertiary/aromatic N) is 2. The Hall–Kier alpha value is -2.43. The summed E-state index contributed by atoms with van der Waals surface area (Å²) >= 11 is 3.67. The van der Waals surface area contributed by atoms with E-state index in [9.17, 15) is 4.79 Å². The first kappa shape index (κ1) is 26.8. The number of nitrogens with one attached hydrogen (secondary N) is 2. The molecule has 0 bridgehead atoms. The zero-order valence-corrected chi connectivity index (χ0v) is 24.3. The lowest BCUT2D eigenvalue weighted by Crippen LogP contribution is -2.48. The van der Waals surface area contributed by atoms with E-state index in [1.807, 2.05) is 29.6 Å². The largest absolute Gasteiger partial charge is 0.381 e. The van der Waals surface area contributed by atoms with Gasteiger partial charge in [-0.25, -0.2) is 0 Å². The number of aromatic amines is 1. The molecule has 2 fully saturated rings. The van der Waals surface area contributed by atoms with Crippen LogP contribution in [0.1, 0.15) is 32.4 Å². The first-order chi connectivity index (χ1) is 18.9. The van der Waals surface area contributed by atoms with Crippen molar-refractivity contribution in [2.45, 2.75) is 64.7 Å². The molecule has 7 nitrogen and oxygen atoms in total. The topological polar surface area (TPSA) is 69.8 Å². The van der Waals surface area contributed by atoms with Crippen molar-refractivity contribution < 1.29 is 9.47 Å². The van der Waals surface area contributed by atoms with E-state index in [1.54, 1.807) is 12.3 Å². The highest BCUT2D eigenvalue weighted by Gasteiger charge is 2.29. The van der Waals surface area contributed by atoms with Gasteiger partial charge in [0.25, 0.3) is 0 Å². The number of fused-ring (bicyclic) bond motifs is 2. The molecule has 1 aromatic heterocycles. The highest BCUT2D eigenvalue weighted by Crippen LogP contribution is 2.51. The van der Waals surface area contributed by atoms with Crippen LogP contribution >= 0.6 is 23.5 Å². The third-order valence-electron chi connectivity index (χ3n) is 7.36. The molecule has 0 aliphatic carbocycles. The molecule has 0 spiro atoms. The van der Waals surface area contributed by atoms with Crippen molar-refractivity contribution in [2.75, 3.05) is 49.5 Å². The molecular weight excluding hydrogens is 528 g/mol. The number of ether oxygens (including phenoxy) is 2. The maximum atomic E-state index is 11.9. The van der Waals surface area contributed by atoms with Crippen LogP contribution < -0.4 is 15.8 Å². The molecule has 0 amide bonds. The molecule has 0 radical (unpaired) electrons. The SMILES string of the molecule is CC(CN1C[C@@H](C)O[C@@H](C)C1)Nc1ccc2c(c1)Sc1cccc(C3CN(c4cc[nH]c(=O)c4)CCO3)c1S2. The van der Waals surface area contributed by atoms with E-state index < -0.39 is 0 Å². The number of aromatic nitrogens is 1. The lowest BCUT2D eigenvalue weighted by molar-refractivity contribution is -0.0683. The van der Waals surface area contributed by atoms with Crippen molar-refractivity contribution in [3.8, 4) is 0 Å². The van der Waals surface area contributed by atoms with Crippen molar-refractivity contribution >= 4 is 34.9 Å². The minimum absolute atomic E-state index is 0.0462. The summed E-state index contributed by atoms with van der Waals surface area (Å²) in [6.45, 7) is 11.7. The standard InChI is InChI=1S/C30H36N4O3S2/c1-19(15-33-16-20(2)37-21(3)17-33)32-22-7-8-26-28(13-22)38-27-6-4-5-24(30(27)39-26)25-18-34(11-12-36-25)23-9-10-31-29(35)14-23/h4-10,13-14,19-21,25,32H,11-12,15-18H2,1-3H3,(H,31,35)/t19?,20-,21+,25?. The molecule has 2 N–H and O–H groups in total. The molecule has 2 unspecified atom stereocenters. The number of anilines is 2. The monoisotopic (exact) mass is 564 g/mol. The minimum Gasteiger partial charge on any atom is -0.381 e. The van der Waals surface area contributed by atoms with Crippen LogP contribution in [0.15, 0.2) is 79.1 Å². The Bertz CT molecular complexity index is 1370. The van der Waals surface area contributed by atoms with Gasteiger partial charge in [0, 0.05) is 82.0 Å². The van der Waals surface area contributed by atoms with Gasteiger partial charge in [0.2, 0.25) is 5.56 Å². The summed E-state index contributed by atoms with van der Waals surface area (Å²) in [5.74, 6) is 0. The lowest BCUT2D eigenvalue weighted by Gasteiger charge is -2.37. The average molecular weight is 565 g/mol. The Morgan fingerprint density at radius 1 is 1.03 bits per heavy atom. The van der Waals surface area contributed by atoms with E-state index >= 15 is 0 Å². The summed E-state index contributed by atoms with van der Waals surface area (Å²) in [4.78, 5) is 24.4. The molecule has 4 heterocycles. The Labute approximate surface area is 238 Å². The second-order valence-electron chi connectivity index (χ2n) is 10.8. The molecular formula is C30H36N4O3S2. The average Bonchev–Trinajstić information content (AvgIpc) is 2.91. The van der Waals surface area contributed by atoms with Gasteiger partial charge in [0.1, 0.15) is 6.10 Å². The number of morpholine rings is 2. The van der Waals surface area contributed by atoms with Gasteiger partial charge in [-0.15, -0.1) is 0 Å². The molecule has 2 saturated heterocycles. The zero-order chi connectivity index (χ0) is 26.9. The molecule has 9 heteroatoms. The van der Waals surface area contributed by atoms with Gasteiger partial charge in [0.05, 0.1) is 18.8 Å². The molecule has 3 aromatic rings. The molecule has 6 rings (SSSR count). The van der Waals surface area contributed by atoms with Crippen LogP contribution in [-0.2, 0) is 9.47 Å². The number of benzene rings is 2. The van der Waals surface area contributed by atoms with Crippen LogP contribution in [0.5, 0.6) is 0 Å². The first-order valence-electron chi connectivity index (χ1n) is 13.7. The Morgan fingerprint density at radius 2 is 1.87 bits per heavy atom. The van der Waals surface area contributed by atoms with Crippen molar-refractivity contribution in [2.24, 2.45) is 0 Å². The fourth-order valence-corrected chi connectivity index (χ4v) is 8.27. The van der Waals surface area contributed by atoms with Crippen molar-refractivity contribution in [3.05, 3.63) is 70.6 Å². The maximum Gasteiger partial charge on any atom is 0.249 e. The molecule has 0 saturated carbocycles. The zero-order valence-electron chi connectivity index (χ0n) is 22.7. The van der Waals surface area contributed by atoms with Gasteiger partial charge in [-0.05, 0) is 56.7 Å². The predicted octanol–water partition coefficient (Wildman–Crippen LogP) is 5.48. The van der Waals surface area contributed by atoms with Crippen LogP contribution in [0.25, 0.3) is 0 Å². The molecule has 2 aromatic carbocycles. The molecule has 39 heavy (non-hydrogen) atoms. The van der Waals surface area contributed by atoms with Gasteiger partial charge in [-0.3, -0.25) is 9.69 Å². The number of rotatable bonds is 6. The second-order valence-corrected chi connectivity index (χ2v) is 12.9.